The maximum Gasteiger partial charge on any atom is 0.233 e. The van der Waals surface area contributed by atoms with Gasteiger partial charge < -0.3 is 5.32 Å². The lowest BCUT2D eigenvalue weighted by molar-refractivity contribution is -0.120. The van der Waals surface area contributed by atoms with E-state index in [1.165, 1.54) is 10.5 Å². The maximum absolute atomic E-state index is 11.9. The molecule has 1 unspecified atom stereocenters. The smallest absolute Gasteiger partial charge is 0.233 e. The van der Waals surface area contributed by atoms with Gasteiger partial charge in [-0.05, 0) is 24.0 Å². The zero-order chi connectivity index (χ0) is 11.5. The third kappa shape index (κ3) is 2.59. The highest BCUT2D eigenvalue weighted by Gasteiger charge is 2.27. The number of amides is 1. The Balaban J connectivity index is 1.93. The van der Waals surface area contributed by atoms with Crippen LogP contribution in [-0.2, 0) is 11.2 Å². The molecule has 1 heterocycles. The second-order valence-corrected chi connectivity index (χ2v) is 5.80. The van der Waals surface area contributed by atoms with E-state index >= 15 is 0 Å². The Labute approximate surface area is 101 Å². The molecule has 1 atom stereocenters. The SMILES string of the molecule is CC(C)CNC(=O)C1Cc2ccccc2S1. The molecule has 2 rings (SSSR count). The van der Waals surface area contributed by atoms with Gasteiger partial charge in [-0.3, -0.25) is 4.79 Å². The van der Waals surface area contributed by atoms with E-state index in [-0.39, 0.29) is 11.2 Å². The molecule has 0 fully saturated rings. The third-order valence-electron chi connectivity index (χ3n) is 2.62. The van der Waals surface area contributed by atoms with E-state index in [1.807, 2.05) is 12.1 Å². The lowest BCUT2D eigenvalue weighted by atomic mass is 10.1. The van der Waals surface area contributed by atoms with Gasteiger partial charge in [0.15, 0.2) is 0 Å². The van der Waals surface area contributed by atoms with Crippen LogP contribution in [0.1, 0.15) is 19.4 Å². The summed E-state index contributed by atoms with van der Waals surface area (Å²) in [6, 6.07) is 8.27. The summed E-state index contributed by atoms with van der Waals surface area (Å²) in [7, 11) is 0. The predicted octanol–water partition coefficient (Wildman–Crippen LogP) is 2.48. The first kappa shape index (κ1) is 11.5. The molecule has 0 bridgehead atoms. The molecule has 1 aromatic rings. The van der Waals surface area contributed by atoms with E-state index in [9.17, 15) is 4.79 Å². The second-order valence-electron chi connectivity index (χ2n) is 4.56. The van der Waals surface area contributed by atoms with Crippen molar-refractivity contribution in [1.29, 1.82) is 0 Å². The molecule has 3 heteroatoms. The van der Waals surface area contributed by atoms with Crippen LogP contribution in [-0.4, -0.2) is 17.7 Å². The van der Waals surface area contributed by atoms with Crippen LogP contribution in [0.2, 0.25) is 0 Å². The Hall–Kier alpha value is -0.960. The first-order chi connectivity index (χ1) is 7.66. The molecule has 86 valence electrons. The number of carbonyl (C=O) groups excluding carboxylic acids is 1. The van der Waals surface area contributed by atoms with Gasteiger partial charge in [0.05, 0.1) is 5.25 Å². The molecule has 0 aliphatic carbocycles. The fourth-order valence-electron chi connectivity index (χ4n) is 1.75. The fourth-order valence-corrected chi connectivity index (χ4v) is 2.97. The monoisotopic (exact) mass is 235 g/mol. The molecule has 1 aliphatic rings. The van der Waals surface area contributed by atoms with Crippen molar-refractivity contribution in [3.63, 3.8) is 0 Å². The zero-order valence-electron chi connectivity index (χ0n) is 9.69. The Morgan fingerprint density at radius 2 is 2.25 bits per heavy atom. The molecular weight excluding hydrogens is 218 g/mol. The van der Waals surface area contributed by atoms with Gasteiger partial charge >= 0.3 is 0 Å². The van der Waals surface area contributed by atoms with Gasteiger partial charge in [0, 0.05) is 11.4 Å². The Bertz CT molecular complexity index is 364. The van der Waals surface area contributed by atoms with Crippen molar-refractivity contribution >= 4 is 17.7 Å². The Morgan fingerprint density at radius 3 is 2.94 bits per heavy atom. The summed E-state index contributed by atoms with van der Waals surface area (Å²) in [6.45, 7) is 4.99. The Morgan fingerprint density at radius 1 is 1.50 bits per heavy atom. The molecule has 0 saturated heterocycles. The van der Waals surface area contributed by atoms with Crippen molar-refractivity contribution in [2.24, 2.45) is 5.92 Å². The summed E-state index contributed by atoms with van der Waals surface area (Å²) in [4.78, 5) is 13.1. The minimum atomic E-state index is 0.0659. The molecule has 2 nitrogen and oxygen atoms in total. The van der Waals surface area contributed by atoms with Crippen molar-refractivity contribution in [3.05, 3.63) is 29.8 Å². The number of rotatable bonds is 3. The van der Waals surface area contributed by atoms with Crippen molar-refractivity contribution in [2.45, 2.75) is 30.4 Å². The molecule has 0 saturated carbocycles. The predicted molar refractivity (Wildman–Crippen MR) is 67.6 cm³/mol. The summed E-state index contributed by atoms with van der Waals surface area (Å²) in [5.41, 5.74) is 1.30. The van der Waals surface area contributed by atoms with Crippen molar-refractivity contribution in [3.8, 4) is 0 Å². The highest BCUT2D eigenvalue weighted by Crippen LogP contribution is 2.36. The lowest BCUT2D eigenvalue weighted by Gasteiger charge is -2.11. The minimum Gasteiger partial charge on any atom is -0.355 e. The first-order valence-electron chi connectivity index (χ1n) is 5.69. The average molecular weight is 235 g/mol. The second kappa shape index (κ2) is 4.91. The number of nitrogens with one attached hydrogen (secondary N) is 1. The highest BCUT2D eigenvalue weighted by molar-refractivity contribution is 8.01. The lowest BCUT2D eigenvalue weighted by Crippen LogP contribution is -2.34. The number of hydrogen-bond acceptors (Lipinski definition) is 2. The van der Waals surface area contributed by atoms with Crippen LogP contribution in [0, 0.1) is 5.92 Å². The molecule has 0 radical (unpaired) electrons. The van der Waals surface area contributed by atoms with E-state index in [0.29, 0.717) is 5.92 Å². The fraction of sp³-hybridized carbons (Fsp3) is 0.462. The number of benzene rings is 1. The highest BCUT2D eigenvalue weighted by atomic mass is 32.2. The third-order valence-corrected chi connectivity index (χ3v) is 3.94. The molecule has 1 N–H and O–H groups in total. The molecule has 16 heavy (non-hydrogen) atoms. The largest absolute Gasteiger partial charge is 0.355 e. The summed E-state index contributed by atoms with van der Waals surface area (Å²) in [6.07, 6.45) is 0.866. The van der Waals surface area contributed by atoms with Crippen LogP contribution >= 0.6 is 11.8 Å². The van der Waals surface area contributed by atoms with E-state index in [4.69, 9.17) is 0 Å². The van der Waals surface area contributed by atoms with Gasteiger partial charge in [-0.25, -0.2) is 0 Å². The quantitative estimate of drug-likeness (QED) is 0.872. The van der Waals surface area contributed by atoms with Gasteiger partial charge in [0.25, 0.3) is 0 Å². The van der Waals surface area contributed by atoms with E-state index in [2.05, 4.69) is 31.3 Å². The molecule has 1 amide bonds. The van der Waals surface area contributed by atoms with Gasteiger partial charge in [-0.15, -0.1) is 11.8 Å². The van der Waals surface area contributed by atoms with Gasteiger partial charge in [0.2, 0.25) is 5.91 Å². The topological polar surface area (TPSA) is 29.1 Å². The number of hydrogen-bond donors (Lipinski definition) is 1. The number of fused-ring (bicyclic) bond motifs is 1. The van der Waals surface area contributed by atoms with Crippen molar-refractivity contribution in [1.82, 2.24) is 5.32 Å². The van der Waals surface area contributed by atoms with Crippen LogP contribution < -0.4 is 5.32 Å². The summed E-state index contributed by atoms with van der Waals surface area (Å²) >= 11 is 1.68. The summed E-state index contributed by atoms with van der Waals surface area (Å²) < 4.78 is 0. The van der Waals surface area contributed by atoms with E-state index < -0.39 is 0 Å². The van der Waals surface area contributed by atoms with Crippen LogP contribution in [0.25, 0.3) is 0 Å². The van der Waals surface area contributed by atoms with Crippen LogP contribution in [0.3, 0.4) is 0 Å². The maximum atomic E-state index is 11.9. The van der Waals surface area contributed by atoms with Crippen LogP contribution in [0.4, 0.5) is 0 Å². The van der Waals surface area contributed by atoms with E-state index in [1.54, 1.807) is 11.8 Å². The summed E-state index contributed by atoms with van der Waals surface area (Å²) in [5.74, 6) is 0.688. The van der Waals surface area contributed by atoms with Crippen LogP contribution in [0.5, 0.6) is 0 Å². The van der Waals surface area contributed by atoms with Crippen LogP contribution in [0.15, 0.2) is 29.2 Å². The van der Waals surface area contributed by atoms with Gasteiger partial charge in [0.1, 0.15) is 0 Å². The normalized spacial score (nSPS) is 18.6. The first-order valence-corrected chi connectivity index (χ1v) is 6.57. The minimum absolute atomic E-state index is 0.0659. The number of thioether (sulfide) groups is 1. The average Bonchev–Trinajstić information content (AvgIpc) is 2.69. The zero-order valence-corrected chi connectivity index (χ0v) is 10.5. The molecular formula is C13H17NOS. The molecule has 1 aliphatic heterocycles. The van der Waals surface area contributed by atoms with Gasteiger partial charge in [-0.1, -0.05) is 32.0 Å². The number of carbonyl (C=O) groups is 1. The van der Waals surface area contributed by atoms with Gasteiger partial charge in [-0.2, -0.15) is 0 Å². The summed E-state index contributed by atoms with van der Waals surface area (Å²) in [5, 5.41) is 3.06. The molecule has 0 spiro atoms. The molecule has 0 aromatic heterocycles. The molecule has 1 aromatic carbocycles. The van der Waals surface area contributed by atoms with Crippen molar-refractivity contribution in [2.75, 3.05) is 6.54 Å². The standard InChI is InChI=1S/C13H17NOS/c1-9(2)8-14-13(15)12-7-10-5-3-4-6-11(10)16-12/h3-6,9,12H,7-8H2,1-2H3,(H,14,15). The van der Waals surface area contributed by atoms with Crippen molar-refractivity contribution < 1.29 is 4.79 Å². The Kier molecular flexibility index (Phi) is 3.54. The van der Waals surface area contributed by atoms with E-state index in [0.717, 1.165) is 13.0 Å².